The maximum absolute atomic E-state index is 12.2. The molecule has 2 N–H and O–H groups in total. The first kappa shape index (κ1) is 26.1. The Morgan fingerprint density at radius 1 is 0.943 bits per heavy atom. The van der Waals surface area contributed by atoms with Gasteiger partial charge >= 0.3 is 11.8 Å². The van der Waals surface area contributed by atoms with Gasteiger partial charge in [-0.1, -0.05) is 41.4 Å². The number of halogens is 2. The molecule has 2 amide bonds. The minimum absolute atomic E-state index is 0.231. The van der Waals surface area contributed by atoms with Crippen molar-refractivity contribution in [3.8, 4) is 11.5 Å². The van der Waals surface area contributed by atoms with Crippen LogP contribution in [0.2, 0.25) is 10.0 Å². The zero-order valence-electron chi connectivity index (χ0n) is 19.5. The molecule has 182 valence electrons. The highest BCUT2D eigenvalue weighted by Crippen LogP contribution is 2.30. The second-order valence-electron chi connectivity index (χ2n) is 7.64. The Morgan fingerprint density at radius 2 is 1.74 bits per heavy atom. The van der Waals surface area contributed by atoms with Crippen molar-refractivity contribution in [2.24, 2.45) is 5.10 Å². The van der Waals surface area contributed by atoms with Gasteiger partial charge in [0.2, 0.25) is 0 Å². The summed E-state index contributed by atoms with van der Waals surface area (Å²) >= 11 is 12.1. The van der Waals surface area contributed by atoms with Crippen LogP contribution in [-0.2, 0) is 16.2 Å². The first-order valence-electron chi connectivity index (χ1n) is 10.8. The highest BCUT2D eigenvalue weighted by molar-refractivity contribution is 6.39. The molecule has 0 spiro atoms. The van der Waals surface area contributed by atoms with Gasteiger partial charge < -0.3 is 14.8 Å². The lowest BCUT2D eigenvalue weighted by Crippen LogP contribution is -2.32. The van der Waals surface area contributed by atoms with Gasteiger partial charge in [0.15, 0.2) is 11.5 Å². The molecule has 35 heavy (non-hydrogen) atoms. The fraction of sp³-hybridized carbons (Fsp3) is 0.192. The lowest BCUT2D eigenvalue weighted by atomic mass is 10.1. The predicted octanol–water partition coefficient (Wildman–Crippen LogP) is 5.68. The lowest BCUT2D eigenvalue weighted by Gasteiger charge is -2.13. The average molecular weight is 514 g/mol. The van der Waals surface area contributed by atoms with Gasteiger partial charge in [-0.05, 0) is 73.9 Å². The zero-order valence-corrected chi connectivity index (χ0v) is 21.0. The number of anilines is 1. The highest BCUT2D eigenvalue weighted by Gasteiger charge is 2.14. The fourth-order valence-corrected chi connectivity index (χ4v) is 3.52. The Bertz CT molecular complexity index is 1260. The highest BCUT2D eigenvalue weighted by atomic mass is 35.5. The summed E-state index contributed by atoms with van der Waals surface area (Å²) in [4.78, 5) is 24.3. The number of nitrogens with zero attached hydrogens (tertiary/aromatic N) is 1. The second kappa shape index (κ2) is 12.2. The minimum atomic E-state index is -0.882. The lowest BCUT2D eigenvalue weighted by molar-refractivity contribution is -0.136. The number of benzene rings is 3. The van der Waals surface area contributed by atoms with Crippen LogP contribution in [0.3, 0.4) is 0 Å². The van der Waals surface area contributed by atoms with Gasteiger partial charge in [0, 0.05) is 21.3 Å². The summed E-state index contributed by atoms with van der Waals surface area (Å²) in [6, 6.07) is 16.0. The van der Waals surface area contributed by atoms with Crippen LogP contribution in [-0.4, -0.2) is 24.6 Å². The number of hydrazone groups is 1. The smallest absolute Gasteiger partial charge is 0.329 e. The van der Waals surface area contributed by atoms with Gasteiger partial charge in [-0.2, -0.15) is 5.10 Å². The predicted molar refractivity (Wildman–Crippen MR) is 139 cm³/mol. The average Bonchev–Trinajstić information content (AvgIpc) is 2.82. The number of rotatable bonds is 8. The van der Waals surface area contributed by atoms with Crippen LogP contribution >= 0.6 is 23.2 Å². The Labute approximate surface area is 214 Å². The molecule has 7 nitrogen and oxygen atoms in total. The SMILES string of the molecule is CCOc1cc(/C=N/NC(=O)C(=O)Nc2cc(C)ccc2C)ccc1OCc1ccc(Cl)cc1Cl. The third-order valence-corrected chi connectivity index (χ3v) is 5.48. The number of ether oxygens (including phenoxy) is 2. The Hall–Kier alpha value is -3.55. The number of aryl methyl sites for hydroxylation is 2. The van der Waals surface area contributed by atoms with Gasteiger partial charge in [0.05, 0.1) is 12.8 Å². The quantitative estimate of drug-likeness (QED) is 0.230. The van der Waals surface area contributed by atoms with E-state index in [0.717, 1.165) is 16.7 Å². The number of amides is 2. The van der Waals surface area contributed by atoms with Crippen LogP contribution in [0.15, 0.2) is 59.7 Å². The van der Waals surface area contributed by atoms with Crippen molar-refractivity contribution in [1.82, 2.24) is 5.43 Å². The van der Waals surface area contributed by atoms with E-state index in [1.807, 2.05) is 32.9 Å². The topological polar surface area (TPSA) is 89.0 Å². The minimum Gasteiger partial charge on any atom is -0.490 e. The molecular formula is C26H25Cl2N3O4. The summed E-state index contributed by atoms with van der Waals surface area (Å²) in [5, 5.41) is 7.53. The van der Waals surface area contributed by atoms with E-state index in [2.05, 4.69) is 15.8 Å². The van der Waals surface area contributed by atoms with E-state index in [9.17, 15) is 9.59 Å². The molecule has 0 saturated carbocycles. The first-order valence-corrected chi connectivity index (χ1v) is 11.6. The van der Waals surface area contributed by atoms with Crippen LogP contribution in [0.1, 0.15) is 29.2 Å². The molecular weight excluding hydrogens is 489 g/mol. The van der Waals surface area contributed by atoms with E-state index >= 15 is 0 Å². The molecule has 0 unspecified atom stereocenters. The molecule has 0 heterocycles. The Kier molecular flexibility index (Phi) is 9.11. The van der Waals surface area contributed by atoms with E-state index in [4.69, 9.17) is 32.7 Å². The Balaban J connectivity index is 1.62. The Morgan fingerprint density at radius 3 is 2.49 bits per heavy atom. The summed E-state index contributed by atoms with van der Waals surface area (Å²) in [6.45, 7) is 6.26. The number of hydrogen-bond donors (Lipinski definition) is 2. The van der Waals surface area contributed by atoms with Gasteiger partial charge in [0.1, 0.15) is 6.61 Å². The largest absolute Gasteiger partial charge is 0.490 e. The van der Waals surface area contributed by atoms with Crippen LogP contribution in [0.4, 0.5) is 5.69 Å². The molecule has 0 aliphatic heterocycles. The maximum atomic E-state index is 12.2. The molecule has 0 aliphatic carbocycles. The number of carbonyl (C=O) groups is 2. The van der Waals surface area contributed by atoms with Gasteiger partial charge in [-0.25, -0.2) is 5.43 Å². The zero-order chi connectivity index (χ0) is 25.4. The molecule has 0 saturated heterocycles. The summed E-state index contributed by atoms with van der Waals surface area (Å²) < 4.78 is 11.6. The first-order chi connectivity index (χ1) is 16.8. The van der Waals surface area contributed by atoms with Gasteiger partial charge in [-0.3, -0.25) is 9.59 Å². The monoisotopic (exact) mass is 513 g/mol. The third-order valence-electron chi connectivity index (χ3n) is 4.89. The van der Waals surface area contributed by atoms with E-state index in [1.165, 1.54) is 6.21 Å². The van der Waals surface area contributed by atoms with E-state index in [0.29, 0.717) is 39.4 Å². The number of nitrogens with one attached hydrogen (secondary N) is 2. The van der Waals surface area contributed by atoms with Crippen LogP contribution < -0.4 is 20.2 Å². The summed E-state index contributed by atoms with van der Waals surface area (Å²) in [7, 11) is 0. The van der Waals surface area contributed by atoms with E-state index in [1.54, 1.807) is 42.5 Å². The molecule has 0 aliphatic rings. The molecule has 0 fully saturated rings. The van der Waals surface area contributed by atoms with E-state index in [-0.39, 0.29) is 6.61 Å². The van der Waals surface area contributed by atoms with Crippen LogP contribution in [0, 0.1) is 13.8 Å². The normalized spacial score (nSPS) is 10.8. The van der Waals surface area contributed by atoms with Crippen molar-refractivity contribution < 1.29 is 19.1 Å². The summed E-state index contributed by atoms with van der Waals surface area (Å²) in [5.74, 6) is -0.671. The number of hydrogen-bond acceptors (Lipinski definition) is 5. The van der Waals surface area contributed by atoms with Gasteiger partial charge in [-0.15, -0.1) is 0 Å². The maximum Gasteiger partial charge on any atom is 0.329 e. The number of carbonyl (C=O) groups excluding carboxylic acids is 2. The molecule has 0 atom stereocenters. The molecule has 3 aromatic carbocycles. The molecule has 0 radical (unpaired) electrons. The van der Waals surface area contributed by atoms with Crippen molar-refractivity contribution in [3.05, 3.63) is 86.9 Å². The van der Waals surface area contributed by atoms with Crippen molar-refractivity contribution in [1.29, 1.82) is 0 Å². The molecule has 3 aromatic rings. The summed E-state index contributed by atoms with van der Waals surface area (Å²) in [6.07, 6.45) is 1.41. The summed E-state index contributed by atoms with van der Waals surface area (Å²) in [5.41, 5.74) is 6.05. The van der Waals surface area contributed by atoms with E-state index < -0.39 is 11.8 Å². The van der Waals surface area contributed by atoms with Gasteiger partial charge in [0.25, 0.3) is 0 Å². The fourth-order valence-electron chi connectivity index (χ4n) is 3.05. The third kappa shape index (κ3) is 7.47. The molecule has 0 bridgehead atoms. The van der Waals surface area contributed by atoms with Crippen molar-refractivity contribution in [2.75, 3.05) is 11.9 Å². The van der Waals surface area contributed by atoms with Crippen molar-refractivity contribution in [3.63, 3.8) is 0 Å². The molecule has 0 aromatic heterocycles. The molecule has 9 heteroatoms. The van der Waals surface area contributed by atoms with Crippen molar-refractivity contribution >= 4 is 46.9 Å². The second-order valence-corrected chi connectivity index (χ2v) is 8.48. The standard InChI is InChI=1S/C26H25Cl2N3O4/c1-4-34-24-12-18(7-10-23(24)35-15-19-8-9-20(27)13-21(19)28)14-29-31-26(33)25(32)30-22-11-16(2)5-6-17(22)3/h5-14H,4,15H2,1-3H3,(H,30,32)(H,31,33)/b29-14+. The molecule has 3 rings (SSSR count). The van der Waals surface area contributed by atoms with Crippen LogP contribution in [0.25, 0.3) is 0 Å². The van der Waals surface area contributed by atoms with Crippen molar-refractivity contribution in [2.45, 2.75) is 27.4 Å². The van der Waals surface area contributed by atoms with Crippen LogP contribution in [0.5, 0.6) is 11.5 Å².